The zero-order chi connectivity index (χ0) is 19.6. The van der Waals surface area contributed by atoms with Gasteiger partial charge in [-0.25, -0.2) is 4.79 Å². The maximum Gasteiger partial charge on any atom is 0.355 e. The average Bonchev–Trinajstić information content (AvgIpc) is 2.95. The number of carbonyl (C=O) groups is 3. The van der Waals surface area contributed by atoms with Crippen LogP contribution in [0.2, 0.25) is 0 Å². The van der Waals surface area contributed by atoms with E-state index < -0.39 is 12.1 Å². The normalized spacial score (nSPS) is 12.5. The minimum absolute atomic E-state index is 0.000607. The summed E-state index contributed by atoms with van der Waals surface area (Å²) >= 11 is 0. The van der Waals surface area contributed by atoms with Gasteiger partial charge in [0.1, 0.15) is 5.69 Å². The Bertz CT molecular complexity index is 838. The Balaban J connectivity index is 2.11. The van der Waals surface area contributed by atoms with Crippen LogP contribution in [0.25, 0.3) is 0 Å². The van der Waals surface area contributed by atoms with Crippen molar-refractivity contribution in [2.45, 2.75) is 46.1 Å². The smallest absolute Gasteiger partial charge is 0.355 e. The standard InChI is InChI=1S/C21H25NO4/c1-13(23)16-11-18(22(6)12-16)20(25)26-14(2)19(24)15-7-9-17(10-8-15)21(3,4)5/h7-12,14H,1-6H3/t14-/m0/s1. The predicted octanol–water partition coefficient (Wildman–Crippen LogP) is 3.95. The van der Waals surface area contributed by atoms with E-state index in [2.05, 4.69) is 20.8 Å². The minimum atomic E-state index is -0.918. The van der Waals surface area contributed by atoms with E-state index in [1.54, 1.807) is 32.3 Å². The number of Topliss-reactive ketones (excluding diaryl/α,β-unsaturated/α-hetero) is 2. The van der Waals surface area contributed by atoms with E-state index in [0.29, 0.717) is 11.1 Å². The van der Waals surface area contributed by atoms with Crippen molar-refractivity contribution in [2.24, 2.45) is 7.05 Å². The number of hydrogen-bond acceptors (Lipinski definition) is 4. The largest absolute Gasteiger partial charge is 0.450 e. The molecule has 1 aromatic heterocycles. The lowest BCUT2D eigenvalue weighted by Crippen LogP contribution is -2.25. The molecule has 0 aliphatic carbocycles. The topological polar surface area (TPSA) is 65.4 Å². The van der Waals surface area contributed by atoms with Crippen LogP contribution in [0.5, 0.6) is 0 Å². The van der Waals surface area contributed by atoms with Crippen LogP contribution in [-0.2, 0) is 17.2 Å². The zero-order valence-electron chi connectivity index (χ0n) is 16.1. The first-order chi connectivity index (χ1) is 12.0. The first kappa shape index (κ1) is 19.6. The van der Waals surface area contributed by atoms with Crippen molar-refractivity contribution in [3.63, 3.8) is 0 Å². The number of carbonyl (C=O) groups excluding carboxylic acids is 3. The summed E-state index contributed by atoms with van der Waals surface area (Å²) in [4.78, 5) is 36.3. The number of aromatic nitrogens is 1. The molecule has 138 valence electrons. The van der Waals surface area contributed by atoms with Crippen LogP contribution in [0.1, 0.15) is 71.4 Å². The van der Waals surface area contributed by atoms with Gasteiger partial charge in [-0.05, 0) is 30.9 Å². The monoisotopic (exact) mass is 355 g/mol. The van der Waals surface area contributed by atoms with Crippen LogP contribution in [0.15, 0.2) is 36.5 Å². The zero-order valence-corrected chi connectivity index (χ0v) is 16.1. The third-order valence-corrected chi connectivity index (χ3v) is 4.31. The van der Waals surface area contributed by atoms with Crippen LogP contribution in [0.3, 0.4) is 0 Å². The Morgan fingerprint density at radius 2 is 1.62 bits per heavy atom. The van der Waals surface area contributed by atoms with E-state index in [1.165, 1.54) is 17.6 Å². The summed E-state index contributed by atoms with van der Waals surface area (Å²) in [6.45, 7) is 9.28. The van der Waals surface area contributed by atoms with Crippen molar-refractivity contribution in [2.75, 3.05) is 0 Å². The van der Waals surface area contributed by atoms with Gasteiger partial charge in [0.05, 0.1) is 0 Å². The second kappa shape index (κ2) is 7.28. The third-order valence-electron chi connectivity index (χ3n) is 4.31. The van der Waals surface area contributed by atoms with Crippen LogP contribution in [-0.4, -0.2) is 28.2 Å². The van der Waals surface area contributed by atoms with Gasteiger partial charge in [-0.3, -0.25) is 9.59 Å². The van der Waals surface area contributed by atoms with Crippen LogP contribution < -0.4 is 0 Å². The molecule has 1 aromatic carbocycles. The summed E-state index contributed by atoms with van der Waals surface area (Å²) in [5.74, 6) is -1.03. The Morgan fingerprint density at radius 1 is 1.04 bits per heavy atom. The maximum absolute atomic E-state index is 12.5. The Labute approximate surface area is 154 Å². The molecule has 0 fully saturated rings. The number of ketones is 2. The Morgan fingerprint density at radius 3 is 2.08 bits per heavy atom. The minimum Gasteiger partial charge on any atom is -0.450 e. The molecule has 5 nitrogen and oxygen atoms in total. The molecule has 2 aromatic rings. The van der Waals surface area contributed by atoms with Crippen LogP contribution in [0.4, 0.5) is 0 Å². The van der Waals surface area contributed by atoms with Crippen molar-refractivity contribution >= 4 is 17.5 Å². The SMILES string of the molecule is CC(=O)c1cc(C(=O)O[C@@H](C)C(=O)c2ccc(C(C)(C)C)cc2)n(C)c1. The molecule has 0 spiro atoms. The number of hydrogen-bond donors (Lipinski definition) is 0. The van der Waals surface area contributed by atoms with Gasteiger partial charge in [0, 0.05) is 24.4 Å². The summed E-state index contributed by atoms with van der Waals surface area (Å²) in [5, 5.41) is 0. The van der Waals surface area contributed by atoms with Gasteiger partial charge in [0.2, 0.25) is 5.78 Å². The molecule has 0 amide bonds. The first-order valence-electron chi connectivity index (χ1n) is 8.53. The van der Waals surface area contributed by atoms with Gasteiger partial charge in [0.15, 0.2) is 11.9 Å². The second-order valence-electron chi connectivity index (χ2n) is 7.52. The average molecular weight is 355 g/mol. The molecule has 2 rings (SSSR count). The Kier molecular flexibility index (Phi) is 5.50. The molecular weight excluding hydrogens is 330 g/mol. The third kappa shape index (κ3) is 4.28. The molecule has 0 N–H and O–H groups in total. The van der Waals surface area contributed by atoms with Crippen molar-refractivity contribution in [3.05, 3.63) is 58.9 Å². The molecule has 0 aliphatic heterocycles. The highest BCUT2D eigenvalue weighted by Gasteiger charge is 2.23. The molecule has 0 bridgehead atoms. The molecule has 0 aliphatic rings. The predicted molar refractivity (Wildman–Crippen MR) is 99.8 cm³/mol. The summed E-state index contributed by atoms with van der Waals surface area (Å²) in [5.41, 5.74) is 2.28. The second-order valence-corrected chi connectivity index (χ2v) is 7.52. The molecule has 0 unspecified atom stereocenters. The van der Waals surface area contributed by atoms with E-state index >= 15 is 0 Å². The summed E-state index contributed by atoms with van der Waals surface area (Å²) < 4.78 is 6.83. The molecule has 0 saturated carbocycles. The first-order valence-corrected chi connectivity index (χ1v) is 8.53. The van der Waals surface area contributed by atoms with Gasteiger partial charge in [-0.2, -0.15) is 0 Å². The summed E-state index contributed by atoms with van der Waals surface area (Å²) in [6.07, 6.45) is 0.648. The van der Waals surface area contributed by atoms with Gasteiger partial charge in [-0.15, -0.1) is 0 Å². The molecule has 0 saturated heterocycles. The van der Waals surface area contributed by atoms with Gasteiger partial charge in [-0.1, -0.05) is 45.0 Å². The number of esters is 1. The lowest BCUT2D eigenvalue weighted by atomic mass is 9.86. The molecule has 1 atom stereocenters. The van der Waals surface area contributed by atoms with Gasteiger partial charge >= 0.3 is 5.97 Å². The summed E-state index contributed by atoms with van der Waals surface area (Å²) in [7, 11) is 1.65. The maximum atomic E-state index is 12.5. The quantitative estimate of drug-likeness (QED) is 0.602. The molecule has 26 heavy (non-hydrogen) atoms. The van der Waals surface area contributed by atoms with Gasteiger partial charge in [0.25, 0.3) is 0 Å². The van der Waals surface area contributed by atoms with E-state index in [4.69, 9.17) is 4.74 Å². The van der Waals surface area contributed by atoms with Crippen LogP contribution >= 0.6 is 0 Å². The van der Waals surface area contributed by atoms with E-state index in [-0.39, 0.29) is 22.7 Å². The fraction of sp³-hybridized carbons (Fsp3) is 0.381. The van der Waals surface area contributed by atoms with Crippen LogP contribution in [0, 0.1) is 0 Å². The van der Waals surface area contributed by atoms with Crippen molar-refractivity contribution in [1.82, 2.24) is 4.57 Å². The van der Waals surface area contributed by atoms with E-state index in [0.717, 1.165) is 5.56 Å². The molecular formula is C21H25NO4. The van der Waals surface area contributed by atoms with Gasteiger partial charge < -0.3 is 9.30 Å². The van der Waals surface area contributed by atoms with Crippen molar-refractivity contribution in [3.8, 4) is 0 Å². The highest BCUT2D eigenvalue weighted by molar-refractivity contribution is 6.02. The molecule has 0 radical (unpaired) electrons. The fourth-order valence-corrected chi connectivity index (χ4v) is 2.60. The van der Waals surface area contributed by atoms with E-state index in [9.17, 15) is 14.4 Å². The summed E-state index contributed by atoms with van der Waals surface area (Å²) in [6, 6.07) is 8.81. The lowest BCUT2D eigenvalue weighted by molar-refractivity contribution is 0.0309. The number of ether oxygens (including phenoxy) is 1. The molecule has 1 heterocycles. The number of benzene rings is 1. The van der Waals surface area contributed by atoms with Crippen molar-refractivity contribution in [1.29, 1.82) is 0 Å². The lowest BCUT2D eigenvalue weighted by Gasteiger charge is -2.19. The van der Waals surface area contributed by atoms with Crippen molar-refractivity contribution < 1.29 is 19.1 Å². The fourth-order valence-electron chi connectivity index (χ4n) is 2.60. The van der Waals surface area contributed by atoms with E-state index in [1.807, 2.05) is 12.1 Å². The molecule has 5 heteroatoms. The number of rotatable bonds is 5. The number of aryl methyl sites for hydroxylation is 1. The highest BCUT2D eigenvalue weighted by Crippen LogP contribution is 2.22. The highest BCUT2D eigenvalue weighted by atomic mass is 16.5. The number of nitrogens with zero attached hydrogens (tertiary/aromatic N) is 1. The Hall–Kier alpha value is -2.69.